The standard InChI is InChI=1S/C26H26ClN5O3/c1-31-15-22(21-7-2-3-8-24(21)31)25-23(27)14-28-26(30-25)29-18-9-11-20(12-10-18)35-16-17-5-4-6-19(13-17)32(33)34/h2-8,13-15,18,20H,9-12,16H2,1H3,(H,28,29,30)/t18-,20-. The zero-order chi connectivity index (χ0) is 24.4. The van der Waals surface area contributed by atoms with Crippen LogP contribution in [0.3, 0.4) is 0 Å². The Kier molecular flexibility index (Phi) is 6.66. The van der Waals surface area contributed by atoms with E-state index in [1.807, 2.05) is 31.4 Å². The number of para-hydroxylation sites is 1. The molecule has 2 heterocycles. The van der Waals surface area contributed by atoms with E-state index in [0.29, 0.717) is 17.6 Å². The lowest BCUT2D eigenvalue weighted by Crippen LogP contribution is -2.30. The summed E-state index contributed by atoms with van der Waals surface area (Å²) in [5, 5.41) is 16.1. The highest BCUT2D eigenvalue weighted by atomic mass is 35.5. The number of nitro benzene ring substituents is 1. The number of ether oxygens (including phenoxy) is 1. The Hall–Kier alpha value is -3.49. The second-order valence-electron chi connectivity index (χ2n) is 8.92. The maximum absolute atomic E-state index is 11.0. The maximum atomic E-state index is 11.0. The monoisotopic (exact) mass is 491 g/mol. The van der Waals surface area contributed by atoms with Gasteiger partial charge in [0, 0.05) is 47.9 Å². The van der Waals surface area contributed by atoms with E-state index < -0.39 is 0 Å². The minimum atomic E-state index is -0.384. The van der Waals surface area contributed by atoms with Crippen LogP contribution in [0.25, 0.3) is 22.2 Å². The predicted octanol–water partition coefficient (Wildman–Crippen LogP) is 6.14. The minimum absolute atomic E-state index is 0.0878. The van der Waals surface area contributed by atoms with E-state index in [4.69, 9.17) is 21.3 Å². The van der Waals surface area contributed by atoms with Crippen LogP contribution in [0, 0.1) is 10.1 Å². The Morgan fingerprint density at radius 2 is 1.97 bits per heavy atom. The van der Waals surface area contributed by atoms with Crippen LogP contribution in [0.2, 0.25) is 5.02 Å². The Morgan fingerprint density at radius 1 is 1.17 bits per heavy atom. The van der Waals surface area contributed by atoms with E-state index in [1.165, 1.54) is 6.07 Å². The molecule has 0 unspecified atom stereocenters. The summed E-state index contributed by atoms with van der Waals surface area (Å²) in [4.78, 5) is 19.8. The summed E-state index contributed by atoms with van der Waals surface area (Å²) in [6, 6.07) is 15.0. The molecule has 1 saturated carbocycles. The molecule has 1 aliphatic rings. The summed E-state index contributed by atoms with van der Waals surface area (Å²) in [5.41, 5.74) is 3.72. The number of hydrogen-bond acceptors (Lipinski definition) is 6. The molecular weight excluding hydrogens is 466 g/mol. The maximum Gasteiger partial charge on any atom is 0.269 e. The van der Waals surface area contributed by atoms with Gasteiger partial charge < -0.3 is 14.6 Å². The highest BCUT2D eigenvalue weighted by Gasteiger charge is 2.23. The Morgan fingerprint density at radius 3 is 2.77 bits per heavy atom. The van der Waals surface area contributed by atoms with E-state index in [1.54, 1.807) is 18.3 Å². The van der Waals surface area contributed by atoms with Crippen molar-refractivity contribution in [2.24, 2.45) is 7.05 Å². The number of fused-ring (bicyclic) bond motifs is 1. The molecule has 0 atom stereocenters. The molecule has 8 nitrogen and oxygen atoms in total. The second-order valence-corrected chi connectivity index (χ2v) is 9.32. The first kappa shape index (κ1) is 23.3. The Labute approximate surface area is 208 Å². The lowest BCUT2D eigenvalue weighted by atomic mass is 9.93. The zero-order valence-electron chi connectivity index (χ0n) is 19.4. The first-order chi connectivity index (χ1) is 17.0. The fourth-order valence-electron chi connectivity index (χ4n) is 4.69. The van der Waals surface area contributed by atoms with Crippen LogP contribution < -0.4 is 5.32 Å². The lowest BCUT2D eigenvalue weighted by Gasteiger charge is -2.29. The number of halogens is 1. The molecule has 0 saturated heterocycles. The van der Waals surface area contributed by atoms with Crippen LogP contribution in [-0.2, 0) is 18.4 Å². The van der Waals surface area contributed by atoms with Crippen molar-refractivity contribution in [1.29, 1.82) is 0 Å². The van der Waals surface area contributed by atoms with Gasteiger partial charge in [0.15, 0.2) is 0 Å². The minimum Gasteiger partial charge on any atom is -0.374 e. The van der Waals surface area contributed by atoms with Crippen molar-refractivity contribution in [2.75, 3.05) is 5.32 Å². The van der Waals surface area contributed by atoms with Gasteiger partial charge in [-0.2, -0.15) is 0 Å². The molecule has 0 bridgehead atoms. The third-order valence-corrected chi connectivity index (χ3v) is 6.79. The molecule has 1 aliphatic carbocycles. The number of nitrogens with zero attached hydrogens (tertiary/aromatic N) is 4. The zero-order valence-corrected chi connectivity index (χ0v) is 20.1. The van der Waals surface area contributed by atoms with Crippen molar-refractivity contribution in [1.82, 2.24) is 14.5 Å². The number of hydrogen-bond donors (Lipinski definition) is 1. The van der Waals surface area contributed by atoms with Gasteiger partial charge in [0.1, 0.15) is 0 Å². The molecule has 0 spiro atoms. The average Bonchev–Trinajstić information content (AvgIpc) is 3.21. The Bertz CT molecular complexity index is 1360. The number of rotatable bonds is 7. The van der Waals surface area contributed by atoms with Crippen molar-refractivity contribution in [3.8, 4) is 11.3 Å². The molecule has 2 aromatic carbocycles. The van der Waals surface area contributed by atoms with E-state index in [9.17, 15) is 10.1 Å². The van der Waals surface area contributed by atoms with Crippen LogP contribution >= 0.6 is 11.6 Å². The van der Waals surface area contributed by atoms with Crippen molar-refractivity contribution in [3.05, 3.63) is 81.6 Å². The van der Waals surface area contributed by atoms with Gasteiger partial charge in [0.2, 0.25) is 5.95 Å². The number of nitrogens with one attached hydrogen (secondary N) is 1. The molecule has 180 valence electrons. The van der Waals surface area contributed by atoms with Crippen molar-refractivity contribution in [2.45, 2.75) is 44.4 Å². The molecule has 5 rings (SSSR count). The summed E-state index contributed by atoms with van der Waals surface area (Å²) in [6.45, 7) is 0.374. The third kappa shape index (κ3) is 5.13. The molecule has 35 heavy (non-hydrogen) atoms. The van der Waals surface area contributed by atoms with E-state index in [0.717, 1.165) is 53.4 Å². The van der Waals surface area contributed by atoms with Crippen LogP contribution in [0.15, 0.2) is 60.9 Å². The number of non-ortho nitro benzene ring substituents is 1. The summed E-state index contributed by atoms with van der Waals surface area (Å²) < 4.78 is 8.11. The van der Waals surface area contributed by atoms with Gasteiger partial charge in [-0.25, -0.2) is 9.97 Å². The normalized spacial score (nSPS) is 18.0. The second kappa shape index (κ2) is 10.0. The van der Waals surface area contributed by atoms with Gasteiger partial charge in [0.25, 0.3) is 5.69 Å². The first-order valence-corrected chi connectivity index (χ1v) is 12.0. The average molecular weight is 492 g/mol. The molecule has 1 fully saturated rings. The van der Waals surface area contributed by atoms with Crippen molar-refractivity contribution in [3.63, 3.8) is 0 Å². The van der Waals surface area contributed by atoms with Crippen LogP contribution in [0.4, 0.5) is 11.6 Å². The molecule has 0 radical (unpaired) electrons. The Balaban J connectivity index is 1.21. The lowest BCUT2D eigenvalue weighted by molar-refractivity contribution is -0.385. The van der Waals surface area contributed by atoms with Gasteiger partial charge in [0.05, 0.1) is 34.5 Å². The van der Waals surface area contributed by atoms with Gasteiger partial charge >= 0.3 is 0 Å². The van der Waals surface area contributed by atoms with E-state index >= 15 is 0 Å². The molecule has 0 aliphatic heterocycles. The third-order valence-electron chi connectivity index (χ3n) is 6.51. The van der Waals surface area contributed by atoms with Gasteiger partial charge in [-0.3, -0.25) is 10.1 Å². The number of anilines is 1. The molecule has 2 aromatic heterocycles. The number of aromatic nitrogens is 3. The molecule has 1 N–H and O–H groups in total. The van der Waals surface area contributed by atoms with Crippen LogP contribution in [0.5, 0.6) is 0 Å². The SMILES string of the molecule is Cn1cc(-c2nc(N[C@H]3CC[C@H](OCc4cccc([N+](=O)[O-])c4)CC3)ncc2Cl)c2ccccc21. The number of benzene rings is 2. The summed E-state index contributed by atoms with van der Waals surface area (Å²) in [5.74, 6) is 0.568. The fourth-order valence-corrected chi connectivity index (χ4v) is 4.88. The topological polar surface area (TPSA) is 95.1 Å². The first-order valence-electron chi connectivity index (χ1n) is 11.7. The fraction of sp³-hybridized carbons (Fsp3) is 0.308. The molecule has 4 aromatic rings. The van der Waals surface area contributed by atoms with Crippen LogP contribution in [-0.4, -0.2) is 31.6 Å². The summed E-state index contributed by atoms with van der Waals surface area (Å²) >= 11 is 6.50. The van der Waals surface area contributed by atoms with Gasteiger partial charge in [-0.05, 0) is 37.3 Å². The van der Waals surface area contributed by atoms with Gasteiger partial charge in [-0.1, -0.05) is 41.9 Å². The highest BCUT2D eigenvalue weighted by molar-refractivity contribution is 6.33. The summed E-state index contributed by atoms with van der Waals surface area (Å²) in [6.07, 6.45) is 7.48. The molecule has 9 heteroatoms. The van der Waals surface area contributed by atoms with E-state index in [-0.39, 0.29) is 22.8 Å². The molecule has 0 amide bonds. The van der Waals surface area contributed by atoms with Gasteiger partial charge in [-0.15, -0.1) is 0 Å². The van der Waals surface area contributed by atoms with Crippen molar-refractivity contribution >= 4 is 34.1 Å². The highest BCUT2D eigenvalue weighted by Crippen LogP contribution is 2.34. The summed E-state index contributed by atoms with van der Waals surface area (Å²) in [7, 11) is 2.01. The van der Waals surface area contributed by atoms with Crippen molar-refractivity contribution < 1.29 is 9.66 Å². The quantitative estimate of drug-likeness (QED) is 0.246. The molecular formula is C26H26ClN5O3. The largest absolute Gasteiger partial charge is 0.374 e. The number of aryl methyl sites for hydroxylation is 1. The predicted molar refractivity (Wildman–Crippen MR) is 137 cm³/mol. The number of nitro groups is 1. The van der Waals surface area contributed by atoms with Crippen LogP contribution in [0.1, 0.15) is 31.2 Å². The van der Waals surface area contributed by atoms with E-state index in [2.05, 4.69) is 27.0 Å². The smallest absolute Gasteiger partial charge is 0.269 e.